The Hall–Kier alpha value is -1.92. The van der Waals surface area contributed by atoms with Gasteiger partial charge in [-0.2, -0.15) is 0 Å². The molecule has 3 saturated carbocycles. The van der Waals surface area contributed by atoms with E-state index in [4.69, 9.17) is 14.2 Å². The minimum absolute atomic E-state index is 0.118. The molecule has 0 heterocycles. The number of aliphatic hydroxyl groups excluding tert-OH is 1. The van der Waals surface area contributed by atoms with Crippen molar-refractivity contribution >= 4 is 11.9 Å². The summed E-state index contributed by atoms with van der Waals surface area (Å²) in [7, 11) is 1.81. The van der Waals surface area contributed by atoms with E-state index in [0.717, 1.165) is 30.4 Å². The molecule has 214 valence electrons. The van der Waals surface area contributed by atoms with Gasteiger partial charge in [0, 0.05) is 27.4 Å². The summed E-state index contributed by atoms with van der Waals surface area (Å²) in [5.41, 5.74) is 2.99. The number of carbonyl (C=O) groups excluding carboxylic acids is 2. The van der Waals surface area contributed by atoms with E-state index in [1.165, 1.54) is 45.1 Å². The van der Waals surface area contributed by atoms with Crippen LogP contribution in [-0.2, 0) is 23.8 Å². The van der Waals surface area contributed by atoms with Crippen molar-refractivity contribution in [3.05, 3.63) is 35.5 Å². The van der Waals surface area contributed by atoms with E-state index >= 15 is 0 Å². The van der Waals surface area contributed by atoms with Gasteiger partial charge in [-0.25, -0.2) is 0 Å². The first-order chi connectivity index (χ1) is 17.8. The molecule has 0 aromatic rings. The molecule has 0 radical (unpaired) electrons. The Kier molecular flexibility index (Phi) is 10.1. The fraction of sp³-hybridized carbons (Fsp3) is 0.750. The molecule has 0 aliphatic heterocycles. The van der Waals surface area contributed by atoms with Crippen molar-refractivity contribution in [1.29, 1.82) is 0 Å². The number of esters is 2. The Balaban J connectivity index is 1.74. The third-order valence-corrected chi connectivity index (χ3v) is 9.56. The lowest BCUT2D eigenvalue weighted by Crippen LogP contribution is -2.40. The van der Waals surface area contributed by atoms with Crippen molar-refractivity contribution in [2.75, 3.05) is 7.11 Å². The molecule has 0 bridgehead atoms. The zero-order chi connectivity index (χ0) is 28.3. The van der Waals surface area contributed by atoms with Crippen LogP contribution in [0.2, 0.25) is 0 Å². The highest BCUT2D eigenvalue weighted by Crippen LogP contribution is 2.60. The Bertz CT molecular complexity index is 946. The van der Waals surface area contributed by atoms with Gasteiger partial charge >= 0.3 is 11.9 Å². The fourth-order valence-electron chi connectivity index (χ4n) is 7.69. The average molecular weight is 531 g/mol. The van der Waals surface area contributed by atoms with Crippen LogP contribution in [0.5, 0.6) is 0 Å². The summed E-state index contributed by atoms with van der Waals surface area (Å²) < 4.78 is 17.0. The first-order valence-electron chi connectivity index (χ1n) is 14.4. The molecule has 3 aliphatic carbocycles. The van der Waals surface area contributed by atoms with Crippen molar-refractivity contribution in [2.24, 2.45) is 23.2 Å². The second-order valence-electron chi connectivity index (χ2n) is 12.8. The summed E-state index contributed by atoms with van der Waals surface area (Å²) in [5.74, 6) is 0.903. The molecule has 0 amide bonds. The van der Waals surface area contributed by atoms with Crippen LogP contribution in [0, 0.1) is 23.2 Å². The third-order valence-electron chi connectivity index (χ3n) is 9.56. The maximum absolute atomic E-state index is 11.5. The van der Waals surface area contributed by atoms with Gasteiger partial charge in [0.25, 0.3) is 0 Å². The van der Waals surface area contributed by atoms with E-state index in [-0.39, 0.29) is 23.5 Å². The average Bonchev–Trinajstić information content (AvgIpc) is 3.16. The summed E-state index contributed by atoms with van der Waals surface area (Å²) in [6.07, 6.45) is 11.9. The van der Waals surface area contributed by atoms with Gasteiger partial charge in [0.15, 0.2) is 0 Å². The van der Waals surface area contributed by atoms with Crippen LogP contribution < -0.4 is 0 Å². The number of fused-ring (bicyclic) bond motifs is 1. The molecule has 3 rings (SSSR count). The number of rotatable bonds is 9. The maximum Gasteiger partial charge on any atom is 0.303 e. The molecule has 3 unspecified atom stereocenters. The van der Waals surface area contributed by atoms with Gasteiger partial charge in [0.05, 0.1) is 12.2 Å². The molecule has 6 nitrogen and oxygen atoms in total. The van der Waals surface area contributed by atoms with Gasteiger partial charge < -0.3 is 19.3 Å². The van der Waals surface area contributed by atoms with Gasteiger partial charge in [-0.15, -0.1) is 0 Å². The molecule has 3 fully saturated rings. The van der Waals surface area contributed by atoms with E-state index < -0.39 is 17.8 Å². The number of hydrogen-bond acceptors (Lipinski definition) is 6. The minimum Gasteiger partial charge on any atom is -0.460 e. The summed E-state index contributed by atoms with van der Waals surface area (Å²) >= 11 is 0. The Morgan fingerprint density at radius 1 is 1.21 bits per heavy atom. The molecule has 6 heteroatoms. The Morgan fingerprint density at radius 2 is 1.92 bits per heavy atom. The summed E-state index contributed by atoms with van der Waals surface area (Å²) in [6.45, 7) is 15.8. The van der Waals surface area contributed by atoms with Gasteiger partial charge in [-0.1, -0.05) is 38.2 Å². The van der Waals surface area contributed by atoms with E-state index in [1.54, 1.807) is 0 Å². The lowest BCUT2D eigenvalue weighted by molar-refractivity contribution is -0.155. The monoisotopic (exact) mass is 530 g/mol. The minimum atomic E-state index is -0.528. The summed E-state index contributed by atoms with van der Waals surface area (Å²) in [5, 5.41) is 10.4. The molecule has 38 heavy (non-hydrogen) atoms. The first kappa shape index (κ1) is 30.6. The fourth-order valence-corrected chi connectivity index (χ4v) is 7.69. The normalized spacial score (nSPS) is 33.6. The zero-order valence-corrected chi connectivity index (χ0v) is 24.7. The molecule has 0 saturated heterocycles. The van der Waals surface area contributed by atoms with Crippen molar-refractivity contribution in [3.63, 3.8) is 0 Å². The number of carbonyl (C=O) groups is 2. The van der Waals surface area contributed by atoms with Gasteiger partial charge in [0.2, 0.25) is 0 Å². The zero-order valence-electron chi connectivity index (χ0n) is 24.7. The molecular weight excluding hydrogens is 480 g/mol. The Morgan fingerprint density at radius 3 is 2.55 bits per heavy atom. The van der Waals surface area contributed by atoms with Crippen molar-refractivity contribution < 1.29 is 28.9 Å². The SMILES string of the molecule is C=C1/C(=C\C=C2CCC[C@@]3(C)C2CC[C@@H]3[C@H](C)C(CCC(C)(C)OC(C)=O)OC)C[C@@H](O)CC1OC(C)=O. The largest absolute Gasteiger partial charge is 0.460 e. The van der Waals surface area contributed by atoms with Crippen molar-refractivity contribution in [1.82, 2.24) is 0 Å². The predicted octanol–water partition coefficient (Wildman–Crippen LogP) is 6.47. The van der Waals surface area contributed by atoms with Crippen molar-refractivity contribution in [2.45, 2.75) is 123 Å². The second-order valence-corrected chi connectivity index (χ2v) is 12.8. The predicted molar refractivity (Wildman–Crippen MR) is 149 cm³/mol. The number of ether oxygens (including phenoxy) is 3. The lowest BCUT2D eigenvalue weighted by Gasteiger charge is -2.45. The van der Waals surface area contributed by atoms with Crippen LogP contribution in [0.25, 0.3) is 0 Å². The first-order valence-corrected chi connectivity index (χ1v) is 14.4. The maximum atomic E-state index is 11.5. The summed E-state index contributed by atoms with van der Waals surface area (Å²) in [4.78, 5) is 23.0. The molecule has 7 atom stereocenters. The lowest BCUT2D eigenvalue weighted by atomic mass is 9.60. The Labute approximate surface area is 229 Å². The second kappa shape index (κ2) is 12.5. The van der Waals surface area contributed by atoms with Crippen LogP contribution in [0.4, 0.5) is 0 Å². The van der Waals surface area contributed by atoms with E-state index in [2.05, 4.69) is 32.6 Å². The van der Waals surface area contributed by atoms with Crippen molar-refractivity contribution in [3.8, 4) is 0 Å². The van der Waals surface area contributed by atoms with Gasteiger partial charge in [-0.05, 0) is 99.5 Å². The van der Waals surface area contributed by atoms with Crippen LogP contribution in [0.15, 0.2) is 35.5 Å². The molecule has 0 aromatic carbocycles. The highest BCUT2D eigenvalue weighted by Gasteiger charge is 2.52. The third kappa shape index (κ3) is 7.18. The number of allylic oxidation sites excluding steroid dienone is 3. The smallest absolute Gasteiger partial charge is 0.303 e. The highest BCUT2D eigenvalue weighted by molar-refractivity contribution is 5.67. The van der Waals surface area contributed by atoms with E-state index in [1.807, 2.05) is 21.0 Å². The molecule has 3 aliphatic rings. The van der Waals surface area contributed by atoms with Crippen LogP contribution in [0.1, 0.15) is 99.3 Å². The molecule has 0 spiro atoms. The van der Waals surface area contributed by atoms with E-state index in [0.29, 0.717) is 30.6 Å². The number of aliphatic hydroxyl groups is 1. The van der Waals surface area contributed by atoms with Crippen LogP contribution >= 0.6 is 0 Å². The summed E-state index contributed by atoms with van der Waals surface area (Å²) in [6, 6.07) is 0. The van der Waals surface area contributed by atoms with Crippen LogP contribution in [-0.4, -0.2) is 48.1 Å². The highest BCUT2D eigenvalue weighted by atomic mass is 16.6. The topological polar surface area (TPSA) is 82.1 Å². The molecular formula is C32H50O6. The van der Waals surface area contributed by atoms with Gasteiger partial charge in [-0.3, -0.25) is 9.59 Å². The number of hydrogen-bond donors (Lipinski definition) is 1. The van der Waals surface area contributed by atoms with Gasteiger partial charge in [0.1, 0.15) is 11.7 Å². The molecule has 1 N–H and O–H groups in total. The quantitative estimate of drug-likeness (QED) is 0.344. The standard InChI is InChI=1S/C32H50O6/c1-20-25(18-26(35)19-30(20)37-22(3)33)12-11-24-10-9-16-32(7)27(13-14-28(24)32)21(2)29(36-8)15-17-31(5,6)38-23(4)34/h11-12,21,26-30,35H,1,9-10,13-19H2,2-8H3/b24-11?,25-12-/t21-,26+,27+,28?,29?,30?,32+/m0/s1. The van der Waals surface area contributed by atoms with Crippen LogP contribution in [0.3, 0.4) is 0 Å². The van der Waals surface area contributed by atoms with E-state index in [9.17, 15) is 14.7 Å². The molecule has 0 aromatic heterocycles. The number of methoxy groups -OCH3 is 1.